The van der Waals surface area contributed by atoms with E-state index in [9.17, 15) is 9.59 Å². The lowest BCUT2D eigenvalue weighted by Gasteiger charge is -2.18. The second-order valence-corrected chi connectivity index (χ2v) is 9.93. The number of thiophene rings is 1. The Labute approximate surface area is 173 Å². The van der Waals surface area contributed by atoms with Crippen LogP contribution in [0, 0.1) is 0 Å². The standard InChI is InChI=1S/C20H27N3O3S2/c1-3-9-21-17(24)12(2)27-20-22-18-16(14-7-4-8-15(14)28-18)19(25)23(20)11-13-6-5-10-26-13/h12-13H,3-11H2,1-2H3,(H,21,24)/t12-,13-/m0/s1. The maximum Gasteiger partial charge on any atom is 0.263 e. The molecule has 2 aromatic heterocycles. The molecule has 1 aliphatic heterocycles. The molecule has 2 atom stereocenters. The fourth-order valence-corrected chi connectivity index (χ4v) is 6.15. The Balaban J connectivity index is 1.70. The number of carbonyl (C=O) groups excluding carboxylic acids is 1. The van der Waals surface area contributed by atoms with Crippen molar-refractivity contribution >= 4 is 39.2 Å². The van der Waals surface area contributed by atoms with E-state index in [1.165, 1.54) is 22.2 Å². The van der Waals surface area contributed by atoms with Crippen LogP contribution in [0.15, 0.2) is 9.95 Å². The number of amides is 1. The first kappa shape index (κ1) is 19.9. The van der Waals surface area contributed by atoms with Crippen LogP contribution >= 0.6 is 23.1 Å². The van der Waals surface area contributed by atoms with E-state index in [0.717, 1.165) is 55.3 Å². The summed E-state index contributed by atoms with van der Waals surface area (Å²) in [6.45, 7) is 5.83. The van der Waals surface area contributed by atoms with Gasteiger partial charge in [0.15, 0.2) is 5.16 Å². The van der Waals surface area contributed by atoms with E-state index >= 15 is 0 Å². The average molecular weight is 422 g/mol. The molecule has 0 bridgehead atoms. The van der Waals surface area contributed by atoms with Crippen LogP contribution in [-0.4, -0.2) is 40.0 Å². The van der Waals surface area contributed by atoms with E-state index in [-0.39, 0.29) is 22.8 Å². The summed E-state index contributed by atoms with van der Waals surface area (Å²) in [5.74, 6) is -0.0152. The van der Waals surface area contributed by atoms with Crippen LogP contribution in [0.1, 0.15) is 50.0 Å². The van der Waals surface area contributed by atoms with Gasteiger partial charge in [0, 0.05) is 18.0 Å². The van der Waals surface area contributed by atoms with Gasteiger partial charge in [-0.1, -0.05) is 18.7 Å². The third-order valence-electron chi connectivity index (χ3n) is 5.40. The Bertz CT molecular complexity index is 931. The molecular formula is C20H27N3O3S2. The number of aromatic nitrogens is 2. The molecule has 152 valence electrons. The molecule has 0 radical (unpaired) electrons. The monoisotopic (exact) mass is 421 g/mol. The minimum absolute atomic E-state index is 0.0152. The molecule has 6 nitrogen and oxygen atoms in total. The zero-order valence-corrected chi connectivity index (χ0v) is 18.1. The first-order valence-electron chi connectivity index (χ1n) is 10.2. The van der Waals surface area contributed by atoms with Crippen molar-refractivity contribution < 1.29 is 9.53 Å². The average Bonchev–Trinajstić information content (AvgIpc) is 3.39. The Morgan fingerprint density at radius 2 is 2.29 bits per heavy atom. The van der Waals surface area contributed by atoms with Crippen LogP contribution in [0.2, 0.25) is 0 Å². The van der Waals surface area contributed by atoms with Gasteiger partial charge in [0.05, 0.1) is 23.3 Å². The first-order valence-corrected chi connectivity index (χ1v) is 11.9. The van der Waals surface area contributed by atoms with Crippen molar-refractivity contribution in [2.45, 2.75) is 75.4 Å². The molecular weight excluding hydrogens is 394 g/mol. The number of carbonyl (C=O) groups is 1. The van der Waals surface area contributed by atoms with Gasteiger partial charge in [-0.15, -0.1) is 11.3 Å². The molecule has 2 aromatic rings. The predicted molar refractivity (Wildman–Crippen MR) is 113 cm³/mol. The number of nitrogens with one attached hydrogen (secondary N) is 1. The molecule has 0 aromatic carbocycles. The quantitative estimate of drug-likeness (QED) is 0.549. The number of aryl methyl sites for hydroxylation is 2. The molecule has 0 saturated carbocycles. The second-order valence-electron chi connectivity index (χ2n) is 7.53. The SMILES string of the molecule is CCCNC(=O)[C@H](C)Sc1nc2sc3c(c2c(=O)n1C[C@@H]1CCCO1)CCC3. The molecule has 1 aliphatic carbocycles. The van der Waals surface area contributed by atoms with Gasteiger partial charge < -0.3 is 10.1 Å². The molecule has 1 amide bonds. The van der Waals surface area contributed by atoms with Crippen LogP contribution in [0.3, 0.4) is 0 Å². The lowest BCUT2D eigenvalue weighted by Crippen LogP contribution is -2.33. The maximum atomic E-state index is 13.4. The fourth-order valence-electron chi connectivity index (χ4n) is 3.90. The van der Waals surface area contributed by atoms with Gasteiger partial charge in [0.25, 0.3) is 5.56 Å². The van der Waals surface area contributed by atoms with Gasteiger partial charge in [0.1, 0.15) is 4.83 Å². The molecule has 3 heterocycles. The van der Waals surface area contributed by atoms with Crippen molar-refractivity contribution in [1.29, 1.82) is 0 Å². The largest absolute Gasteiger partial charge is 0.376 e. The summed E-state index contributed by atoms with van der Waals surface area (Å²) in [6, 6.07) is 0. The van der Waals surface area contributed by atoms with Gasteiger partial charge in [-0.2, -0.15) is 0 Å². The molecule has 2 aliphatic rings. The molecule has 4 rings (SSSR count). The van der Waals surface area contributed by atoms with E-state index in [0.29, 0.717) is 18.2 Å². The Kier molecular flexibility index (Phi) is 6.08. The first-order chi connectivity index (χ1) is 13.6. The van der Waals surface area contributed by atoms with E-state index in [1.807, 2.05) is 13.8 Å². The van der Waals surface area contributed by atoms with Crippen molar-refractivity contribution in [2.24, 2.45) is 0 Å². The Morgan fingerprint density at radius 1 is 1.43 bits per heavy atom. The molecule has 28 heavy (non-hydrogen) atoms. The van der Waals surface area contributed by atoms with E-state index in [4.69, 9.17) is 9.72 Å². The lowest BCUT2D eigenvalue weighted by atomic mass is 10.2. The van der Waals surface area contributed by atoms with Gasteiger partial charge in [-0.25, -0.2) is 4.98 Å². The normalized spacial score (nSPS) is 19.9. The third kappa shape index (κ3) is 3.86. The summed E-state index contributed by atoms with van der Waals surface area (Å²) in [7, 11) is 0. The Hall–Kier alpha value is -1.38. The van der Waals surface area contributed by atoms with Gasteiger partial charge in [0.2, 0.25) is 5.91 Å². The van der Waals surface area contributed by atoms with Crippen molar-refractivity contribution in [1.82, 2.24) is 14.9 Å². The second kappa shape index (κ2) is 8.55. The zero-order chi connectivity index (χ0) is 19.7. The predicted octanol–water partition coefficient (Wildman–Crippen LogP) is 3.13. The highest BCUT2D eigenvalue weighted by atomic mass is 32.2. The van der Waals surface area contributed by atoms with E-state index < -0.39 is 0 Å². The number of nitrogens with zero attached hydrogens (tertiary/aromatic N) is 2. The van der Waals surface area contributed by atoms with Gasteiger partial charge in [-0.3, -0.25) is 14.2 Å². The number of fused-ring (bicyclic) bond motifs is 3. The van der Waals surface area contributed by atoms with Crippen LogP contribution < -0.4 is 10.9 Å². The fraction of sp³-hybridized carbons (Fsp3) is 0.650. The Morgan fingerprint density at radius 3 is 3.04 bits per heavy atom. The highest BCUT2D eigenvalue weighted by Crippen LogP contribution is 2.36. The minimum Gasteiger partial charge on any atom is -0.376 e. The van der Waals surface area contributed by atoms with Crippen molar-refractivity contribution in [3.05, 3.63) is 20.8 Å². The number of ether oxygens (including phenoxy) is 1. The van der Waals surface area contributed by atoms with Crippen LogP contribution in [0.4, 0.5) is 0 Å². The summed E-state index contributed by atoms with van der Waals surface area (Å²) in [5, 5.41) is 4.05. The molecule has 1 fully saturated rings. The summed E-state index contributed by atoms with van der Waals surface area (Å²) < 4.78 is 7.55. The van der Waals surface area contributed by atoms with Crippen LogP contribution in [-0.2, 0) is 28.9 Å². The summed E-state index contributed by atoms with van der Waals surface area (Å²) in [6.07, 6.45) is 6.07. The zero-order valence-electron chi connectivity index (χ0n) is 16.5. The van der Waals surface area contributed by atoms with Crippen molar-refractivity contribution in [3.8, 4) is 0 Å². The van der Waals surface area contributed by atoms with E-state index in [1.54, 1.807) is 15.9 Å². The number of thioether (sulfide) groups is 1. The van der Waals surface area contributed by atoms with Crippen LogP contribution in [0.5, 0.6) is 0 Å². The minimum atomic E-state index is -0.307. The summed E-state index contributed by atoms with van der Waals surface area (Å²) in [4.78, 5) is 32.8. The molecule has 0 spiro atoms. The van der Waals surface area contributed by atoms with E-state index in [2.05, 4.69) is 5.32 Å². The number of rotatable bonds is 7. The topological polar surface area (TPSA) is 73.2 Å². The summed E-state index contributed by atoms with van der Waals surface area (Å²) in [5.41, 5.74) is 1.23. The molecule has 1 saturated heterocycles. The van der Waals surface area contributed by atoms with Crippen LogP contribution in [0.25, 0.3) is 10.2 Å². The lowest BCUT2D eigenvalue weighted by molar-refractivity contribution is -0.120. The smallest absolute Gasteiger partial charge is 0.263 e. The number of hydrogen-bond acceptors (Lipinski definition) is 6. The molecule has 1 N–H and O–H groups in total. The van der Waals surface area contributed by atoms with Crippen molar-refractivity contribution in [2.75, 3.05) is 13.2 Å². The van der Waals surface area contributed by atoms with Gasteiger partial charge >= 0.3 is 0 Å². The molecule has 8 heteroatoms. The van der Waals surface area contributed by atoms with Gasteiger partial charge in [-0.05, 0) is 51.0 Å². The molecule has 0 unspecified atom stereocenters. The van der Waals surface area contributed by atoms with Crippen molar-refractivity contribution in [3.63, 3.8) is 0 Å². The highest BCUT2D eigenvalue weighted by molar-refractivity contribution is 8.00. The number of hydrogen-bond donors (Lipinski definition) is 1. The third-order valence-corrected chi connectivity index (χ3v) is 7.68. The highest BCUT2D eigenvalue weighted by Gasteiger charge is 2.27. The maximum absolute atomic E-state index is 13.4. The summed E-state index contributed by atoms with van der Waals surface area (Å²) >= 11 is 3.02.